The summed E-state index contributed by atoms with van der Waals surface area (Å²) in [6.07, 6.45) is 1.28. The molecule has 0 bridgehead atoms. The number of aromatic nitrogens is 1. The van der Waals surface area contributed by atoms with E-state index in [9.17, 15) is 9.59 Å². The topological polar surface area (TPSA) is 98.3 Å². The van der Waals surface area contributed by atoms with Crippen LogP contribution in [0.25, 0.3) is 10.8 Å². The molecule has 0 aliphatic heterocycles. The normalized spacial score (nSPS) is 10.7. The van der Waals surface area contributed by atoms with Gasteiger partial charge in [-0.2, -0.15) is 4.37 Å². The van der Waals surface area contributed by atoms with E-state index in [1.807, 2.05) is 86.9 Å². The first-order valence-corrected chi connectivity index (χ1v) is 11.2. The number of ether oxygens (including phenoxy) is 1. The third-order valence-corrected chi connectivity index (χ3v) is 6.00. The Hall–Kier alpha value is -2.99. The number of anilines is 1. The summed E-state index contributed by atoms with van der Waals surface area (Å²) >= 11 is 1.23. The summed E-state index contributed by atoms with van der Waals surface area (Å²) in [6, 6.07) is 21.3. The summed E-state index contributed by atoms with van der Waals surface area (Å²) in [4.78, 5) is 23.7. The molecule has 0 aliphatic rings. The van der Waals surface area contributed by atoms with Gasteiger partial charge < -0.3 is 15.0 Å². The molecule has 0 radical (unpaired) electrons. The van der Waals surface area contributed by atoms with Crippen molar-refractivity contribution in [2.45, 2.75) is 26.4 Å². The number of benzene rings is 3. The van der Waals surface area contributed by atoms with E-state index < -0.39 is 6.09 Å². The fourth-order valence-corrected chi connectivity index (χ4v) is 4.09. The molecular weight excluding hydrogens is 471 g/mol. The van der Waals surface area contributed by atoms with Crippen LogP contribution in [-0.2, 0) is 16.0 Å². The number of nitrogens with one attached hydrogen (secondary N) is 1. The Bertz CT molecular complexity index is 1380. The Labute approximate surface area is 230 Å². The molecule has 6 nitrogen and oxygen atoms in total. The monoisotopic (exact) mass is 493 g/mol. The van der Waals surface area contributed by atoms with Crippen LogP contribution < -0.4 is 34.9 Å². The van der Waals surface area contributed by atoms with Gasteiger partial charge in [0.25, 0.3) is 0 Å². The molecule has 0 saturated heterocycles. The van der Waals surface area contributed by atoms with Gasteiger partial charge in [-0.05, 0) is 59.8 Å². The molecule has 0 aliphatic carbocycles. The molecule has 0 fully saturated rings. The van der Waals surface area contributed by atoms with Gasteiger partial charge in [0.05, 0.1) is 11.4 Å². The van der Waals surface area contributed by atoms with Crippen molar-refractivity contribution in [2.24, 2.45) is 0 Å². The van der Waals surface area contributed by atoms with Gasteiger partial charge in [-0.3, -0.25) is 11.6 Å². The van der Waals surface area contributed by atoms with Crippen LogP contribution in [-0.4, -0.2) is 22.2 Å². The van der Waals surface area contributed by atoms with Crippen molar-refractivity contribution in [2.75, 3.05) is 5.32 Å². The molecule has 0 unspecified atom stereocenters. The number of nitrogens with zero attached hydrogens (tertiary/aromatic N) is 1. The predicted molar refractivity (Wildman–Crippen MR) is 133 cm³/mol. The van der Waals surface area contributed by atoms with Gasteiger partial charge >= 0.3 is 35.7 Å². The van der Waals surface area contributed by atoms with Crippen LogP contribution in [0.2, 0.25) is 0 Å². The number of rotatable bonds is 5. The number of carbonyl (C=O) groups is 1. The molecule has 35 heavy (non-hydrogen) atoms. The molecule has 1 heterocycles. The second kappa shape index (κ2) is 13.2. The van der Waals surface area contributed by atoms with Crippen molar-refractivity contribution < 1.29 is 49.4 Å². The van der Waals surface area contributed by atoms with Crippen molar-refractivity contribution in [1.29, 1.82) is 0 Å². The van der Waals surface area contributed by atoms with Gasteiger partial charge in [0.1, 0.15) is 11.0 Å². The molecule has 172 valence electrons. The van der Waals surface area contributed by atoms with Crippen LogP contribution in [0.1, 0.15) is 40.3 Å². The standard InChI is InChI=1S/C27H21N2O3S.Na.H2O/c1-18-26(28-27(31)32-19(2)22-6-4-3-5-7-22)25(33-29-18)13-10-20-8-11-24-17-21(14-15-30)9-12-23(24)16-20;;/h3-9,11-12,16-17,19H,14H2,1-2H3,(H,28,31);;1H2/q-1;+1;/p-1/t19-;;/m1../s1. The van der Waals surface area contributed by atoms with E-state index >= 15 is 0 Å². The van der Waals surface area contributed by atoms with Gasteiger partial charge in [-0.15, -0.1) is 6.42 Å². The van der Waals surface area contributed by atoms with E-state index in [2.05, 4.69) is 21.5 Å². The van der Waals surface area contributed by atoms with Gasteiger partial charge in [0.15, 0.2) is 0 Å². The molecular formula is C27H22N2NaO4S-. The van der Waals surface area contributed by atoms with Crippen LogP contribution in [0, 0.1) is 18.8 Å². The Balaban J connectivity index is 0.00000216. The Morgan fingerprint density at radius 1 is 1.09 bits per heavy atom. The van der Waals surface area contributed by atoms with E-state index in [0.717, 1.165) is 27.5 Å². The minimum Gasteiger partial charge on any atom is -0.870 e. The zero-order valence-electron chi connectivity index (χ0n) is 19.7. The minimum absolute atomic E-state index is 0. The Morgan fingerprint density at radius 2 is 1.80 bits per heavy atom. The quantitative estimate of drug-likeness (QED) is 0.262. The summed E-state index contributed by atoms with van der Waals surface area (Å²) in [5.41, 5.74) is 3.94. The van der Waals surface area contributed by atoms with Crippen LogP contribution in [0.3, 0.4) is 0 Å². The van der Waals surface area contributed by atoms with E-state index in [1.54, 1.807) is 0 Å². The third kappa shape index (κ3) is 7.25. The van der Waals surface area contributed by atoms with Gasteiger partial charge in [0.2, 0.25) is 0 Å². The molecule has 1 aromatic heterocycles. The average Bonchev–Trinajstić information content (AvgIpc) is 3.17. The van der Waals surface area contributed by atoms with E-state index in [4.69, 9.17) is 4.74 Å². The first-order valence-electron chi connectivity index (χ1n) is 10.4. The molecule has 1 amide bonds. The van der Waals surface area contributed by atoms with Crippen LogP contribution in [0.5, 0.6) is 0 Å². The maximum atomic E-state index is 12.5. The molecule has 0 spiro atoms. The van der Waals surface area contributed by atoms with E-state index in [-0.39, 0.29) is 47.6 Å². The maximum absolute atomic E-state index is 12.5. The fourth-order valence-electron chi connectivity index (χ4n) is 3.38. The molecule has 1 atom stereocenters. The van der Waals surface area contributed by atoms with E-state index in [0.29, 0.717) is 16.3 Å². The molecule has 3 aromatic carbocycles. The summed E-state index contributed by atoms with van der Waals surface area (Å²) in [7, 11) is 0. The third-order valence-electron chi connectivity index (χ3n) is 5.14. The minimum atomic E-state index is -0.549. The van der Waals surface area contributed by atoms with E-state index in [1.165, 1.54) is 11.5 Å². The molecule has 0 saturated carbocycles. The van der Waals surface area contributed by atoms with Gasteiger partial charge in [-0.1, -0.05) is 66.1 Å². The summed E-state index contributed by atoms with van der Waals surface area (Å²) in [6.45, 7) is 3.65. The van der Waals surface area contributed by atoms with Gasteiger partial charge in [0, 0.05) is 5.56 Å². The number of carbonyl (C=O) groups excluding carboxylic acids is 2. The smallest absolute Gasteiger partial charge is 0.870 e. The second-order valence-electron chi connectivity index (χ2n) is 7.52. The molecule has 2 N–H and O–H groups in total. The Kier molecular flexibility index (Phi) is 10.6. The van der Waals surface area contributed by atoms with Crippen molar-refractivity contribution in [1.82, 2.24) is 4.37 Å². The average molecular weight is 494 g/mol. The van der Waals surface area contributed by atoms with Gasteiger partial charge in [-0.25, -0.2) is 4.79 Å². The van der Waals surface area contributed by atoms with Crippen LogP contribution >= 0.6 is 11.5 Å². The van der Waals surface area contributed by atoms with Crippen LogP contribution in [0.4, 0.5) is 10.5 Å². The SMILES string of the molecule is Cc1nsc(C#Cc2ccc3cc(C[C-]=O)ccc3c2)c1NC(=O)O[C@H](C)c1ccccc1.[Na+].[OH-]. The number of aryl methyl sites for hydroxylation is 1. The second-order valence-corrected chi connectivity index (χ2v) is 8.30. The largest absolute Gasteiger partial charge is 1.00 e. The van der Waals surface area contributed by atoms with Crippen molar-refractivity contribution >= 4 is 40.4 Å². The fraction of sp³-hybridized carbons (Fsp3) is 0.148. The number of amides is 1. The number of fused-ring (bicyclic) bond motifs is 1. The summed E-state index contributed by atoms with van der Waals surface area (Å²) in [5, 5.41) is 4.87. The predicted octanol–water partition coefficient (Wildman–Crippen LogP) is 2.79. The zero-order valence-corrected chi connectivity index (χ0v) is 22.5. The number of hydrogen-bond donors (Lipinski definition) is 1. The van der Waals surface area contributed by atoms with Crippen molar-refractivity contribution in [3.63, 3.8) is 0 Å². The molecule has 4 aromatic rings. The first kappa shape index (κ1) is 28.2. The number of hydrogen-bond acceptors (Lipinski definition) is 6. The zero-order chi connectivity index (χ0) is 23.2. The first-order chi connectivity index (χ1) is 16.0. The summed E-state index contributed by atoms with van der Waals surface area (Å²) in [5.74, 6) is 6.27. The molecule has 4 rings (SSSR count). The van der Waals surface area contributed by atoms with Crippen molar-refractivity contribution in [3.8, 4) is 11.8 Å². The van der Waals surface area contributed by atoms with Crippen LogP contribution in [0.15, 0.2) is 66.7 Å². The maximum Gasteiger partial charge on any atom is 1.00 e. The summed E-state index contributed by atoms with van der Waals surface area (Å²) < 4.78 is 9.85. The Morgan fingerprint density at radius 3 is 2.54 bits per heavy atom. The molecule has 8 heteroatoms. The van der Waals surface area contributed by atoms with Crippen molar-refractivity contribution in [3.05, 3.63) is 94.0 Å².